The molecule has 3 heterocycles. The second-order valence-corrected chi connectivity index (χ2v) is 7.58. The number of hydrogen-bond donors (Lipinski definition) is 0. The van der Waals surface area contributed by atoms with Gasteiger partial charge in [-0.3, -0.25) is 0 Å². The summed E-state index contributed by atoms with van der Waals surface area (Å²) in [4.78, 5) is 4.14. The van der Waals surface area contributed by atoms with E-state index in [2.05, 4.69) is 20.3 Å². The van der Waals surface area contributed by atoms with Gasteiger partial charge in [-0.25, -0.2) is 0 Å². The van der Waals surface area contributed by atoms with Crippen LogP contribution in [0.4, 0.5) is 13.2 Å². The lowest BCUT2D eigenvalue weighted by molar-refractivity contribution is -0.137. The second-order valence-electron chi connectivity index (χ2n) is 6.65. The maximum absolute atomic E-state index is 12.9. The molecule has 1 unspecified atom stereocenters. The summed E-state index contributed by atoms with van der Waals surface area (Å²) >= 11 is 1.15. The zero-order valence-electron chi connectivity index (χ0n) is 16.1. The summed E-state index contributed by atoms with van der Waals surface area (Å²) in [6.45, 7) is 0.229. The molecule has 0 bridgehead atoms. The average Bonchev–Trinajstić information content (AvgIpc) is 3.47. The van der Waals surface area contributed by atoms with Crippen molar-refractivity contribution in [2.24, 2.45) is 0 Å². The lowest BCUT2D eigenvalue weighted by atomic mass is 10.1. The van der Waals surface area contributed by atoms with E-state index >= 15 is 0 Å². The molecule has 164 valence electrons. The Kier molecular flexibility index (Phi) is 5.21. The standard InChI is InChI=1S/C20H13F3N4O4S/c21-20(22,23)12-5-3-4-11(8-12)17-24-16(31-27-17)10-32-19-26-25-18(30-19)15-9-28-13-6-1-2-7-14(13)29-15/h1-8,15H,9-10H2. The molecule has 8 nitrogen and oxygen atoms in total. The summed E-state index contributed by atoms with van der Waals surface area (Å²) in [6, 6.07) is 12.0. The van der Waals surface area contributed by atoms with E-state index in [4.69, 9.17) is 18.4 Å². The Morgan fingerprint density at radius 1 is 1.03 bits per heavy atom. The molecular weight excluding hydrogens is 449 g/mol. The highest BCUT2D eigenvalue weighted by Gasteiger charge is 2.31. The molecular formula is C20H13F3N4O4S. The van der Waals surface area contributed by atoms with Gasteiger partial charge in [0.2, 0.25) is 17.8 Å². The first kappa shape index (κ1) is 20.4. The van der Waals surface area contributed by atoms with Crippen LogP contribution < -0.4 is 9.47 Å². The fraction of sp³-hybridized carbons (Fsp3) is 0.200. The summed E-state index contributed by atoms with van der Waals surface area (Å²) in [6.07, 6.45) is -4.99. The smallest absolute Gasteiger partial charge is 0.416 e. The van der Waals surface area contributed by atoms with Gasteiger partial charge in [-0.05, 0) is 24.3 Å². The summed E-state index contributed by atoms with van der Waals surface area (Å²) in [5, 5.41) is 12.0. The van der Waals surface area contributed by atoms with Crippen LogP contribution in [0.5, 0.6) is 11.5 Å². The predicted octanol–water partition coefficient (Wildman–Crippen LogP) is 4.94. The number of halogens is 3. The highest BCUT2D eigenvalue weighted by atomic mass is 32.2. The predicted molar refractivity (Wildman–Crippen MR) is 104 cm³/mol. The molecule has 0 radical (unpaired) electrons. The van der Waals surface area contributed by atoms with Gasteiger partial charge in [0.25, 0.3) is 11.1 Å². The molecule has 4 aromatic rings. The Morgan fingerprint density at radius 2 is 1.88 bits per heavy atom. The molecule has 0 N–H and O–H groups in total. The van der Waals surface area contributed by atoms with Crippen LogP contribution in [0.1, 0.15) is 23.4 Å². The van der Waals surface area contributed by atoms with Crippen molar-refractivity contribution in [3.05, 3.63) is 65.9 Å². The van der Waals surface area contributed by atoms with Crippen molar-refractivity contribution in [3.8, 4) is 22.9 Å². The minimum Gasteiger partial charge on any atom is -0.485 e. The zero-order valence-corrected chi connectivity index (χ0v) is 16.9. The van der Waals surface area contributed by atoms with Crippen LogP contribution in [-0.2, 0) is 11.9 Å². The van der Waals surface area contributed by atoms with E-state index < -0.39 is 17.8 Å². The fourth-order valence-electron chi connectivity index (χ4n) is 2.94. The number of hydrogen-bond acceptors (Lipinski definition) is 9. The molecule has 0 saturated carbocycles. The zero-order chi connectivity index (χ0) is 22.1. The lowest BCUT2D eigenvalue weighted by Crippen LogP contribution is -2.21. The van der Waals surface area contributed by atoms with Gasteiger partial charge in [0.15, 0.2) is 11.5 Å². The van der Waals surface area contributed by atoms with Crippen molar-refractivity contribution >= 4 is 11.8 Å². The number of aromatic nitrogens is 4. The SMILES string of the molecule is FC(F)(F)c1cccc(-c2noc(CSc3nnc(C4COc5ccccc5O4)o3)n2)c1. The van der Waals surface area contributed by atoms with Gasteiger partial charge in [-0.1, -0.05) is 41.2 Å². The molecule has 12 heteroatoms. The highest BCUT2D eigenvalue weighted by Crippen LogP contribution is 2.36. The van der Waals surface area contributed by atoms with Crippen LogP contribution >= 0.6 is 11.8 Å². The van der Waals surface area contributed by atoms with Crippen molar-refractivity contribution in [3.63, 3.8) is 0 Å². The number of rotatable bonds is 5. The third-order valence-electron chi connectivity index (χ3n) is 4.44. The summed E-state index contributed by atoms with van der Waals surface area (Å²) < 4.78 is 60.9. The number of benzene rings is 2. The number of alkyl halides is 3. The van der Waals surface area contributed by atoms with E-state index in [-0.39, 0.29) is 40.8 Å². The van der Waals surface area contributed by atoms with E-state index in [0.29, 0.717) is 11.5 Å². The first-order valence-corrected chi connectivity index (χ1v) is 10.3. The van der Waals surface area contributed by atoms with E-state index in [9.17, 15) is 13.2 Å². The van der Waals surface area contributed by atoms with Crippen molar-refractivity contribution in [2.75, 3.05) is 6.61 Å². The maximum atomic E-state index is 12.9. The number of fused-ring (bicyclic) bond motifs is 1. The molecule has 0 amide bonds. The first-order valence-electron chi connectivity index (χ1n) is 9.30. The Bertz CT molecular complexity index is 1240. The van der Waals surface area contributed by atoms with Gasteiger partial charge in [0.1, 0.15) is 6.61 Å². The number of nitrogens with zero attached hydrogens (tertiary/aromatic N) is 4. The Labute approximate surface area is 182 Å². The van der Waals surface area contributed by atoms with Crippen LogP contribution in [0, 0.1) is 0 Å². The monoisotopic (exact) mass is 462 g/mol. The maximum Gasteiger partial charge on any atom is 0.416 e. The van der Waals surface area contributed by atoms with E-state index in [1.165, 1.54) is 12.1 Å². The molecule has 0 aliphatic carbocycles. The van der Waals surface area contributed by atoms with Crippen molar-refractivity contribution in [1.29, 1.82) is 0 Å². The molecule has 0 fully saturated rings. The van der Waals surface area contributed by atoms with E-state index in [1.54, 1.807) is 12.1 Å². The van der Waals surface area contributed by atoms with Crippen molar-refractivity contribution in [1.82, 2.24) is 20.3 Å². The van der Waals surface area contributed by atoms with E-state index in [0.717, 1.165) is 23.9 Å². The minimum atomic E-state index is -4.46. The molecule has 0 spiro atoms. The third-order valence-corrected chi connectivity index (χ3v) is 5.24. The molecule has 1 aliphatic rings. The Balaban J connectivity index is 1.23. The molecule has 0 saturated heterocycles. The van der Waals surface area contributed by atoms with Gasteiger partial charge in [0.05, 0.1) is 11.3 Å². The second kappa shape index (κ2) is 8.19. The van der Waals surface area contributed by atoms with Gasteiger partial charge >= 0.3 is 6.18 Å². The van der Waals surface area contributed by atoms with Crippen molar-refractivity contribution in [2.45, 2.75) is 23.3 Å². The van der Waals surface area contributed by atoms with Crippen LogP contribution in [-0.4, -0.2) is 26.9 Å². The number of ether oxygens (including phenoxy) is 2. The molecule has 1 atom stereocenters. The first-order chi connectivity index (χ1) is 15.5. The number of thioether (sulfide) groups is 1. The fourth-order valence-corrected chi connectivity index (χ4v) is 3.55. The third kappa shape index (κ3) is 4.26. The minimum absolute atomic E-state index is 0.0596. The van der Waals surface area contributed by atoms with Gasteiger partial charge in [0, 0.05) is 5.56 Å². The lowest BCUT2D eigenvalue weighted by Gasteiger charge is -2.23. The average molecular weight is 462 g/mol. The van der Waals surface area contributed by atoms with Crippen LogP contribution in [0.3, 0.4) is 0 Å². The summed E-state index contributed by atoms with van der Waals surface area (Å²) in [5.41, 5.74) is -0.583. The molecule has 2 aromatic carbocycles. The van der Waals surface area contributed by atoms with Crippen LogP contribution in [0.15, 0.2) is 62.7 Å². The highest BCUT2D eigenvalue weighted by molar-refractivity contribution is 7.98. The van der Waals surface area contributed by atoms with Crippen LogP contribution in [0.2, 0.25) is 0 Å². The van der Waals surface area contributed by atoms with Gasteiger partial charge < -0.3 is 18.4 Å². The molecule has 2 aromatic heterocycles. The van der Waals surface area contributed by atoms with Crippen LogP contribution in [0.25, 0.3) is 11.4 Å². The summed E-state index contributed by atoms with van der Waals surface area (Å²) in [7, 11) is 0. The Morgan fingerprint density at radius 3 is 2.72 bits per heavy atom. The van der Waals surface area contributed by atoms with Gasteiger partial charge in [-0.15, -0.1) is 10.2 Å². The normalized spacial score (nSPS) is 15.7. The molecule has 32 heavy (non-hydrogen) atoms. The quantitative estimate of drug-likeness (QED) is 0.382. The number of para-hydroxylation sites is 2. The van der Waals surface area contributed by atoms with Crippen molar-refractivity contribution < 1.29 is 31.6 Å². The largest absolute Gasteiger partial charge is 0.485 e. The Hall–Kier alpha value is -3.54. The summed E-state index contributed by atoms with van der Waals surface area (Å²) in [5.74, 6) is 1.95. The molecule has 5 rings (SSSR count). The molecule has 1 aliphatic heterocycles. The topological polar surface area (TPSA) is 96.3 Å². The van der Waals surface area contributed by atoms with E-state index in [1.807, 2.05) is 12.1 Å². The van der Waals surface area contributed by atoms with Gasteiger partial charge in [-0.2, -0.15) is 18.2 Å².